The Labute approximate surface area is 131 Å². The lowest BCUT2D eigenvalue weighted by Crippen LogP contribution is -2.45. The van der Waals surface area contributed by atoms with Gasteiger partial charge in [-0.15, -0.1) is 0 Å². The van der Waals surface area contributed by atoms with Crippen LogP contribution in [-0.4, -0.2) is 45.2 Å². The number of amides is 2. The molecule has 0 spiro atoms. The van der Waals surface area contributed by atoms with E-state index in [0.29, 0.717) is 25.5 Å². The Balaban J connectivity index is 1.78. The first-order chi connectivity index (χ1) is 10.6. The molecule has 0 bridgehead atoms. The van der Waals surface area contributed by atoms with Gasteiger partial charge in [0.15, 0.2) is 0 Å². The minimum absolute atomic E-state index is 0.00515. The molecule has 2 heterocycles. The zero-order valence-corrected chi connectivity index (χ0v) is 13.4. The Kier molecular flexibility index (Phi) is 6.00. The quantitative estimate of drug-likeness (QED) is 0.644. The second-order valence-corrected chi connectivity index (χ2v) is 5.76. The van der Waals surface area contributed by atoms with Crippen LogP contribution >= 0.6 is 0 Å². The monoisotopic (exact) mass is 306 g/mol. The summed E-state index contributed by atoms with van der Waals surface area (Å²) in [6.07, 6.45) is 9.47. The van der Waals surface area contributed by atoms with E-state index in [0.717, 1.165) is 19.3 Å². The van der Waals surface area contributed by atoms with Gasteiger partial charge in [-0.2, -0.15) is 0 Å². The fraction of sp³-hybridized carbons (Fsp3) is 0.625. The van der Waals surface area contributed by atoms with Crippen molar-refractivity contribution in [3.05, 3.63) is 30.4 Å². The Hall–Kier alpha value is -1.82. The first-order valence-corrected chi connectivity index (χ1v) is 7.92. The maximum absolute atomic E-state index is 12.0. The van der Waals surface area contributed by atoms with Crippen LogP contribution in [0.5, 0.6) is 0 Å². The molecule has 1 aromatic heterocycles. The molecule has 0 aromatic carbocycles. The summed E-state index contributed by atoms with van der Waals surface area (Å²) in [5.74, 6) is 0.863. The van der Waals surface area contributed by atoms with Gasteiger partial charge < -0.3 is 19.9 Å². The molecule has 0 saturated carbocycles. The Morgan fingerprint density at radius 3 is 2.86 bits per heavy atom. The van der Waals surface area contributed by atoms with Crippen LogP contribution in [0.1, 0.15) is 38.1 Å². The molecule has 1 aromatic rings. The molecular formula is C16H26N4O2. The van der Waals surface area contributed by atoms with Crippen LogP contribution in [0.15, 0.2) is 24.5 Å². The number of aryl methyl sites for hydroxylation is 1. The largest absolute Gasteiger partial charge is 0.385 e. The molecule has 1 aliphatic heterocycles. The molecule has 1 unspecified atom stereocenters. The highest BCUT2D eigenvalue weighted by Crippen LogP contribution is 2.29. The summed E-state index contributed by atoms with van der Waals surface area (Å²) < 4.78 is 1.85. The molecule has 1 aliphatic rings. The van der Waals surface area contributed by atoms with Crippen LogP contribution in [0.4, 0.5) is 4.79 Å². The van der Waals surface area contributed by atoms with Gasteiger partial charge in [0.1, 0.15) is 11.9 Å². The van der Waals surface area contributed by atoms with Gasteiger partial charge in [0.25, 0.3) is 0 Å². The molecule has 2 amide bonds. The molecule has 1 saturated heterocycles. The Morgan fingerprint density at radius 1 is 1.55 bits per heavy atom. The number of piperidine rings is 1. The highest BCUT2D eigenvalue weighted by atomic mass is 16.3. The van der Waals surface area contributed by atoms with Gasteiger partial charge in [0.2, 0.25) is 0 Å². The minimum Gasteiger partial charge on any atom is -0.385 e. The lowest BCUT2D eigenvalue weighted by atomic mass is 9.91. The van der Waals surface area contributed by atoms with Crippen molar-refractivity contribution in [1.29, 1.82) is 0 Å². The summed E-state index contributed by atoms with van der Waals surface area (Å²) >= 11 is 0. The molecular weight excluding hydrogens is 280 g/mol. The van der Waals surface area contributed by atoms with E-state index in [1.165, 1.54) is 0 Å². The van der Waals surface area contributed by atoms with Gasteiger partial charge in [-0.25, -0.2) is 9.78 Å². The average molecular weight is 306 g/mol. The number of hydrogen-bond acceptors (Lipinski definition) is 3. The van der Waals surface area contributed by atoms with Crippen molar-refractivity contribution >= 4 is 6.03 Å². The first-order valence-electron chi connectivity index (χ1n) is 7.92. The average Bonchev–Trinajstić information content (AvgIpc) is 2.97. The normalized spacial score (nSPS) is 17.9. The maximum Gasteiger partial charge on any atom is 0.317 e. The van der Waals surface area contributed by atoms with Crippen molar-refractivity contribution in [2.45, 2.75) is 32.3 Å². The molecule has 0 radical (unpaired) electrons. The summed E-state index contributed by atoms with van der Waals surface area (Å²) in [5, 5.41) is 13.4. The number of aliphatic hydroxyl groups excluding tert-OH is 1. The number of carbonyl (C=O) groups excluding carboxylic acids is 1. The number of aliphatic hydroxyl groups is 1. The van der Waals surface area contributed by atoms with Gasteiger partial charge in [-0.05, 0) is 32.1 Å². The lowest BCUT2D eigenvalue weighted by Gasteiger charge is -2.34. The van der Waals surface area contributed by atoms with Crippen molar-refractivity contribution in [1.82, 2.24) is 19.8 Å². The smallest absolute Gasteiger partial charge is 0.317 e. The van der Waals surface area contributed by atoms with E-state index in [1.54, 1.807) is 6.20 Å². The third-order valence-electron chi connectivity index (χ3n) is 4.22. The number of aromatic nitrogens is 2. The van der Waals surface area contributed by atoms with Crippen LogP contribution < -0.4 is 5.32 Å². The van der Waals surface area contributed by atoms with E-state index in [9.17, 15) is 9.90 Å². The minimum atomic E-state index is -0.556. The fourth-order valence-electron chi connectivity index (χ4n) is 2.83. The van der Waals surface area contributed by atoms with Crippen molar-refractivity contribution in [2.24, 2.45) is 13.0 Å². The molecule has 22 heavy (non-hydrogen) atoms. The van der Waals surface area contributed by atoms with Gasteiger partial charge in [0, 0.05) is 39.1 Å². The zero-order valence-electron chi connectivity index (χ0n) is 13.4. The van der Waals surface area contributed by atoms with Crippen molar-refractivity contribution in [3.8, 4) is 0 Å². The highest BCUT2D eigenvalue weighted by Gasteiger charge is 2.29. The van der Waals surface area contributed by atoms with E-state index in [4.69, 9.17) is 0 Å². The highest BCUT2D eigenvalue weighted by molar-refractivity contribution is 5.74. The summed E-state index contributed by atoms with van der Waals surface area (Å²) in [4.78, 5) is 18.1. The van der Waals surface area contributed by atoms with Crippen molar-refractivity contribution in [2.75, 3.05) is 19.6 Å². The standard InChI is InChI=1S/C16H26N4O2/c1-3-4-5-8-18-16(22)20-10-6-13(7-11-20)14(21)15-17-9-12-19(15)2/h3-4,9,12-14,21H,5-8,10-11H2,1-2H3,(H,18,22)/b4-3+. The SMILES string of the molecule is C/C=C/CCNC(=O)N1CCC(C(O)c2nccn2C)CC1. The van der Waals surface area contributed by atoms with Gasteiger partial charge >= 0.3 is 6.03 Å². The summed E-state index contributed by atoms with van der Waals surface area (Å²) in [7, 11) is 1.89. The van der Waals surface area contributed by atoms with E-state index in [2.05, 4.69) is 10.3 Å². The summed E-state index contributed by atoms with van der Waals surface area (Å²) in [5.41, 5.74) is 0. The first kappa shape index (κ1) is 16.5. The number of carbonyl (C=O) groups is 1. The predicted molar refractivity (Wildman–Crippen MR) is 85.3 cm³/mol. The number of rotatable bonds is 5. The zero-order chi connectivity index (χ0) is 15.9. The number of imidazole rings is 1. The number of nitrogens with one attached hydrogen (secondary N) is 1. The summed E-state index contributed by atoms with van der Waals surface area (Å²) in [6.45, 7) is 4.00. The molecule has 2 N–H and O–H groups in total. The molecule has 1 atom stereocenters. The fourth-order valence-corrected chi connectivity index (χ4v) is 2.83. The van der Waals surface area contributed by atoms with E-state index >= 15 is 0 Å². The number of likely N-dealkylation sites (tertiary alicyclic amines) is 1. The molecule has 2 rings (SSSR count). The van der Waals surface area contributed by atoms with Crippen LogP contribution in [-0.2, 0) is 7.05 Å². The van der Waals surface area contributed by atoms with Gasteiger partial charge in [-0.3, -0.25) is 0 Å². The summed E-state index contributed by atoms with van der Waals surface area (Å²) in [6, 6.07) is -0.00515. The van der Waals surface area contributed by atoms with Crippen LogP contribution in [0, 0.1) is 5.92 Å². The number of allylic oxidation sites excluding steroid dienone is 1. The predicted octanol–water partition coefficient (Wildman–Crippen LogP) is 1.84. The Morgan fingerprint density at radius 2 is 2.27 bits per heavy atom. The van der Waals surface area contributed by atoms with Crippen LogP contribution in [0.25, 0.3) is 0 Å². The Bertz CT molecular complexity index is 504. The van der Waals surface area contributed by atoms with E-state index < -0.39 is 6.10 Å². The van der Waals surface area contributed by atoms with E-state index in [-0.39, 0.29) is 11.9 Å². The number of urea groups is 1. The van der Waals surface area contributed by atoms with Crippen LogP contribution in [0.3, 0.4) is 0 Å². The lowest BCUT2D eigenvalue weighted by molar-refractivity contribution is 0.0584. The molecule has 0 aliphatic carbocycles. The van der Waals surface area contributed by atoms with Gasteiger partial charge in [0.05, 0.1) is 0 Å². The second-order valence-electron chi connectivity index (χ2n) is 5.76. The third kappa shape index (κ3) is 4.10. The van der Waals surface area contributed by atoms with Crippen molar-refractivity contribution < 1.29 is 9.90 Å². The third-order valence-corrected chi connectivity index (χ3v) is 4.22. The number of nitrogens with zero attached hydrogens (tertiary/aromatic N) is 3. The molecule has 6 nitrogen and oxygen atoms in total. The van der Waals surface area contributed by atoms with Crippen LogP contribution in [0.2, 0.25) is 0 Å². The molecule has 122 valence electrons. The molecule has 1 fully saturated rings. The van der Waals surface area contributed by atoms with E-state index in [1.807, 2.05) is 41.8 Å². The molecule has 6 heteroatoms. The van der Waals surface area contributed by atoms with Crippen molar-refractivity contribution in [3.63, 3.8) is 0 Å². The number of hydrogen-bond donors (Lipinski definition) is 2. The maximum atomic E-state index is 12.0. The topological polar surface area (TPSA) is 70.4 Å². The second kappa shape index (κ2) is 7.98. The van der Waals surface area contributed by atoms with Gasteiger partial charge in [-0.1, -0.05) is 12.2 Å².